The van der Waals surface area contributed by atoms with E-state index in [0.717, 1.165) is 35.0 Å². The molecule has 21 heavy (non-hydrogen) atoms. The number of ether oxygens (including phenoxy) is 1. The van der Waals surface area contributed by atoms with Crippen molar-refractivity contribution in [2.45, 2.75) is 44.4 Å². The number of aromatic nitrogens is 1. The highest BCUT2D eigenvalue weighted by Gasteiger charge is 2.22. The van der Waals surface area contributed by atoms with Crippen LogP contribution in [0, 0.1) is 0 Å². The van der Waals surface area contributed by atoms with Gasteiger partial charge in [-0.1, -0.05) is 19.3 Å². The summed E-state index contributed by atoms with van der Waals surface area (Å²) in [6.07, 6.45) is 7.55. The molecule has 1 aliphatic heterocycles. The molecule has 0 saturated heterocycles. The predicted octanol–water partition coefficient (Wildman–Crippen LogP) is 4.37. The molecular weight excluding hydrogens is 280 g/mol. The second-order valence-electron chi connectivity index (χ2n) is 6.02. The smallest absolute Gasteiger partial charge is 0.122 e. The van der Waals surface area contributed by atoms with Crippen molar-refractivity contribution >= 4 is 16.3 Å². The number of benzene rings is 1. The fourth-order valence-corrected chi connectivity index (χ4v) is 4.44. The monoisotopic (exact) mass is 300 g/mol. The van der Waals surface area contributed by atoms with Crippen LogP contribution in [-0.2, 0) is 6.42 Å². The Morgan fingerprint density at radius 2 is 2.05 bits per heavy atom. The van der Waals surface area contributed by atoms with Gasteiger partial charge in [-0.3, -0.25) is 0 Å². The van der Waals surface area contributed by atoms with Gasteiger partial charge in [0.15, 0.2) is 0 Å². The molecule has 4 heteroatoms. The quantitative estimate of drug-likeness (QED) is 0.895. The highest BCUT2D eigenvalue weighted by molar-refractivity contribution is 7.16. The van der Waals surface area contributed by atoms with Gasteiger partial charge in [0.2, 0.25) is 0 Å². The number of nitrogen functional groups attached to an aromatic ring is 1. The van der Waals surface area contributed by atoms with Crippen molar-refractivity contribution in [1.82, 2.24) is 4.98 Å². The minimum atomic E-state index is 0.623. The van der Waals surface area contributed by atoms with Crippen molar-refractivity contribution < 1.29 is 4.74 Å². The molecule has 2 aliphatic rings. The van der Waals surface area contributed by atoms with Gasteiger partial charge >= 0.3 is 0 Å². The Kier molecular flexibility index (Phi) is 3.34. The summed E-state index contributed by atoms with van der Waals surface area (Å²) in [5.41, 5.74) is 9.63. The van der Waals surface area contributed by atoms with Gasteiger partial charge in [0.25, 0.3) is 0 Å². The van der Waals surface area contributed by atoms with E-state index in [-0.39, 0.29) is 0 Å². The minimum absolute atomic E-state index is 0.623. The third kappa shape index (κ3) is 2.42. The van der Waals surface area contributed by atoms with Crippen molar-refractivity contribution in [3.05, 3.63) is 28.8 Å². The van der Waals surface area contributed by atoms with Gasteiger partial charge in [0.1, 0.15) is 16.4 Å². The largest absolute Gasteiger partial charge is 0.493 e. The van der Waals surface area contributed by atoms with Gasteiger partial charge < -0.3 is 10.5 Å². The zero-order valence-corrected chi connectivity index (χ0v) is 12.9. The first-order valence-corrected chi connectivity index (χ1v) is 8.65. The molecule has 0 unspecified atom stereocenters. The number of hydrogen-bond donors (Lipinski definition) is 1. The number of nitrogens with two attached hydrogens (primary N) is 1. The van der Waals surface area contributed by atoms with Crippen LogP contribution in [0.15, 0.2) is 18.2 Å². The van der Waals surface area contributed by atoms with Crippen molar-refractivity contribution in [3.63, 3.8) is 0 Å². The first kappa shape index (κ1) is 13.1. The average molecular weight is 300 g/mol. The Morgan fingerprint density at radius 3 is 2.90 bits per heavy atom. The summed E-state index contributed by atoms with van der Waals surface area (Å²) >= 11 is 1.68. The first-order valence-electron chi connectivity index (χ1n) is 7.83. The molecule has 0 radical (unpaired) electrons. The van der Waals surface area contributed by atoms with Crippen molar-refractivity contribution in [2.75, 3.05) is 12.3 Å². The van der Waals surface area contributed by atoms with Gasteiger partial charge in [-0.25, -0.2) is 4.98 Å². The van der Waals surface area contributed by atoms with Crippen LogP contribution >= 0.6 is 11.3 Å². The summed E-state index contributed by atoms with van der Waals surface area (Å²) in [6, 6.07) is 6.33. The number of hydrogen-bond acceptors (Lipinski definition) is 4. The molecule has 0 atom stereocenters. The van der Waals surface area contributed by atoms with Crippen LogP contribution in [0.4, 0.5) is 5.00 Å². The lowest BCUT2D eigenvalue weighted by atomic mass is 9.90. The van der Waals surface area contributed by atoms with Gasteiger partial charge in [-0.2, -0.15) is 0 Å². The van der Waals surface area contributed by atoms with Crippen LogP contribution in [0.25, 0.3) is 11.3 Å². The van der Waals surface area contributed by atoms with Gasteiger partial charge in [0.05, 0.1) is 11.6 Å². The zero-order valence-electron chi connectivity index (χ0n) is 12.1. The number of fused-ring (bicyclic) bond motifs is 1. The predicted molar refractivity (Wildman–Crippen MR) is 87.0 cm³/mol. The molecule has 1 aromatic heterocycles. The fraction of sp³-hybridized carbons (Fsp3) is 0.471. The molecule has 2 N–H and O–H groups in total. The first-order chi connectivity index (χ1) is 10.3. The molecule has 2 aromatic rings. The normalized spacial score (nSPS) is 18.5. The molecular formula is C17H20N2OS. The van der Waals surface area contributed by atoms with Gasteiger partial charge in [-0.15, -0.1) is 11.3 Å². The summed E-state index contributed by atoms with van der Waals surface area (Å²) in [7, 11) is 0. The van der Waals surface area contributed by atoms with E-state index in [1.807, 2.05) is 0 Å². The molecule has 0 amide bonds. The Bertz CT molecular complexity index is 659. The summed E-state index contributed by atoms with van der Waals surface area (Å²) in [6.45, 7) is 0.790. The maximum absolute atomic E-state index is 6.25. The summed E-state index contributed by atoms with van der Waals surface area (Å²) in [5.74, 6) is 1.64. The van der Waals surface area contributed by atoms with E-state index in [0.29, 0.717) is 5.92 Å². The highest BCUT2D eigenvalue weighted by atomic mass is 32.1. The van der Waals surface area contributed by atoms with Crippen LogP contribution in [0.1, 0.15) is 48.6 Å². The average Bonchev–Trinajstić information content (AvgIpc) is 3.13. The van der Waals surface area contributed by atoms with Crippen molar-refractivity contribution in [3.8, 4) is 17.0 Å². The van der Waals surface area contributed by atoms with Gasteiger partial charge in [-0.05, 0) is 36.6 Å². The summed E-state index contributed by atoms with van der Waals surface area (Å²) in [5, 5.41) is 2.09. The maximum atomic E-state index is 6.25. The van der Waals surface area contributed by atoms with Crippen molar-refractivity contribution in [1.29, 1.82) is 0 Å². The molecule has 110 valence electrons. The molecule has 1 aliphatic carbocycles. The van der Waals surface area contributed by atoms with E-state index in [2.05, 4.69) is 18.2 Å². The van der Waals surface area contributed by atoms with Crippen LogP contribution in [0.5, 0.6) is 5.75 Å². The SMILES string of the molecule is Nc1sc(C2CCCCC2)nc1-c1ccc2c(c1)CCO2. The summed E-state index contributed by atoms with van der Waals surface area (Å²) in [4.78, 5) is 4.88. The van der Waals surface area contributed by atoms with E-state index in [1.54, 1.807) is 11.3 Å². The lowest BCUT2D eigenvalue weighted by molar-refractivity contribution is 0.357. The third-order valence-corrected chi connectivity index (χ3v) is 5.63. The van der Waals surface area contributed by atoms with Crippen LogP contribution in [0.2, 0.25) is 0 Å². The number of rotatable bonds is 2. The van der Waals surface area contributed by atoms with Crippen LogP contribution in [-0.4, -0.2) is 11.6 Å². The fourth-order valence-electron chi connectivity index (χ4n) is 3.41. The van der Waals surface area contributed by atoms with Crippen molar-refractivity contribution in [2.24, 2.45) is 0 Å². The lowest BCUT2D eigenvalue weighted by Crippen LogP contribution is -2.03. The molecule has 1 aromatic carbocycles. The summed E-state index contributed by atoms with van der Waals surface area (Å²) < 4.78 is 5.57. The molecule has 0 spiro atoms. The Labute approximate surface area is 129 Å². The number of nitrogens with zero attached hydrogens (tertiary/aromatic N) is 1. The Hall–Kier alpha value is -1.55. The number of thiazole rings is 1. The molecule has 2 heterocycles. The molecule has 3 nitrogen and oxygen atoms in total. The zero-order chi connectivity index (χ0) is 14.2. The van der Waals surface area contributed by atoms with Crippen LogP contribution < -0.4 is 10.5 Å². The maximum Gasteiger partial charge on any atom is 0.122 e. The van der Waals surface area contributed by atoms with E-state index in [4.69, 9.17) is 15.5 Å². The minimum Gasteiger partial charge on any atom is -0.493 e. The highest BCUT2D eigenvalue weighted by Crippen LogP contribution is 2.40. The van der Waals surface area contributed by atoms with E-state index in [9.17, 15) is 0 Å². The lowest BCUT2D eigenvalue weighted by Gasteiger charge is -2.18. The molecule has 1 fully saturated rings. The molecule has 0 bridgehead atoms. The van der Waals surface area contributed by atoms with E-state index < -0.39 is 0 Å². The third-order valence-electron chi connectivity index (χ3n) is 4.59. The van der Waals surface area contributed by atoms with Crippen LogP contribution in [0.3, 0.4) is 0 Å². The number of anilines is 1. The Morgan fingerprint density at radius 1 is 1.19 bits per heavy atom. The second-order valence-corrected chi connectivity index (χ2v) is 7.08. The molecule has 1 saturated carbocycles. The Balaban J connectivity index is 1.67. The van der Waals surface area contributed by atoms with E-state index >= 15 is 0 Å². The standard InChI is InChI=1S/C17H20N2OS/c18-16-15(13-6-7-14-12(10-13)8-9-20-14)19-17(21-16)11-4-2-1-3-5-11/h6-7,10-11H,1-5,8-9,18H2. The topological polar surface area (TPSA) is 48.1 Å². The van der Waals surface area contributed by atoms with E-state index in [1.165, 1.54) is 42.7 Å². The molecule has 4 rings (SSSR count). The van der Waals surface area contributed by atoms with Gasteiger partial charge in [0, 0.05) is 17.9 Å². The second kappa shape index (κ2) is 5.34.